The van der Waals surface area contributed by atoms with Gasteiger partial charge in [-0.15, -0.1) is 0 Å². The quantitative estimate of drug-likeness (QED) is 0.117. The second kappa shape index (κ2) is 16.8. The van der Waals surface area contributed by atoms with Gasteiger partial charge in [0.15, 0.2) is 11.6 Å². The maximum absolute atomic E-state index is 14.3. The zero-order valence-corrected chi connectivity index (χ0v) is 36.1. The van der Waals surface area contributed by atoms with Crippen molar-refractivity contribution < 1.29 is 33.0 Å². The van der Waals surface area contributed by atoms with Crippen LogP contribution in [0.2, 0.25) is 0 Å². The van der Waals surface area contributed by atoms with Gasteiger partial charge in [-0.2, -0.15) is 5.10 Å². The van der Waals surface area contributed by atoms with Gasteiger partial charge in [0.25, 0.3) is 6.43 Å². The number of fused-ring (bicyclic) bond motifs is 2. The number of benzene rings is 3. The number of carbonyl (C=O) groups is 2. The molecule has 2 aliphatic heterocycles. The Bertz CT molecular complexity index is 2700. The van der Waals surface area contributed by atoms with Gasteiger partial charge < -0.3 is 24.8 Å². The molecule has 0 atom stereocenters. The minimum Gasteiger partial charge on any atom is -0.496 e. The highest BCUT2D eigenvalue weighted by molar-refractivity contribution is 5.97. The van der Waals surface area contributed by atoms with Crippen molar-refractivity contribution >= 4 is 45.3 Å². The van der Waals surface area contributed by atoms with Gasteiger partial charge in [0.2, 0.25) is 5.91 Å². The zero-order chi connectivity index (χ0) is 44.2. The summed E-state index contributed by atoms with van der Waals surface area (Å²) in [7, 11) is 5.31. The fourth-order valence-corrected chi connectivity index (χ4v) is 9.88. The molecule has 2 saturated heterocycles. The molecule has 16 heteroatoms. The number of methoxy groups -OCH3 is 2. The number of likely N-dealkylation sites (tertiary alicyclic amines) is 2. The maximum atomic E-state index is 14.3. The predicted molar refractivity (Wildman–Crippen MR) is 235 cm³/mol. The van der Waals surface area contributed by atoms with Crippen LogP contribution in [0.15, 0.2) is 67.0 Å². The molecule has 3 fully saturated rings. The van der Waals surface area contributed by atoms with E-state index in [4.69, 9.17) is 14.6 Å². The molecule has 1 aliphatic carbocycles. The number of hydrogen-bond acceptors (Lipinski definition) is 11. The van der Waals surface area contributed by atoms with Gasteiger partial charge in [-0.25, -0.2) is 23.4 Å². The largest absolute Gasteiger partial charge is 0.496 e. The number of halogens is 2. The topological polar surface area (TPSA) is 151 Å². The second-order valence-electron chi connectivity index (χ2n) is 17.4. The Morgan fingerprint density at radius 1 is 0.952 bits per heavy atom. The van der Waals surface area contributed by atoms with Gasteiger partial charge in [-0.05, 0) is 80.1 Å². The van der Waals surface area contributed by atoms with E-state index < -0.39 is 18.2 Å². The van der Waals surface area contributed by atoms with Crippen molar-refractivity contribution in [2.45, 2.75) is 65.1 Å². The van der Waals surface area contributed by atoms with Gasteiger partial charge in [-0.1, -0.05) is 24.3 Å². The smallest absolute Gasteiger partial charge is 0.306 e. The van der Waals surface area contributed by atoms with Crippen molar-refractivity contribution in [3.05, 3.63) is 89.5 Å². The highest BCUT2D eigenvalue weighted by Gasteiger charge is 2.52. The number of hydrogen-bond donors (Lipinski definition) is 2. The van der Waals surface area contributed by atoms with E-state index in [9.17, 15) is 23.5 Å². The summed E-state index contributed by atoms with van der Waals surface area (Å²) in [6.07, 6.45) is 3.48. The SMILES string of the molecule is COc1cc(-n2ncc3c(-c4cccc(Nc5nc(C(F)F)nc6cc(CN(C)C7CCC(C(=O)O)CC7)cnc56)c4C)cccc32)cc(OC)c1CN1CC2(C1)CN(C(C)=O)C2. The summed E-state index contributed by atoms with van der Waals surface area (Å²) in [6, 6.07) is 17.8. The molecule has 1 amide bonds. The van der Waals surface area contributed by atoms with E-state index in [1.807, 2.05) is 78.3 Å². The number of carboxylic acids is 1. The summed E-state index contributed by atoms with van der Waals surface area (Å²) >= 11 is 0. The van der Waals surface area contributed by atoms with Crippen LogP contribution in [0, 0.1) is 18.3 Å². The lowest BCUT2D eigenvalue weighted by Crippen LogP contribution is -2.72. The number of amides is 1. The number of rotatable bonds is 13. The number of ether oxygens (including phenoxy) is 2. The van der Waals surface area contributed by atoms with Crippen LogP contribution in [-0.2, 0) is 22.7 Å². The van der Waals surface area contributed by atoms with E-state index in [-0.39, 0.29) is 29.1 Å². The van der Waals surface area contributed by atoms with Crippen molar-refractivity contribution in [1.29, 1.82) is 0 Å². The molecule has 9 rings (SSSR count). The monoisotopic (exact) mass is 859 g/mol. The molecule has 3 aromatic carbocycles. The summed E-state index contributed by atoms with van der Waals surface area (Å²) in [5.74, 6) is 0.0481. The van der Waals surface area contributed by atoms with Crippen molar-refractivity contribution in [2.75, 3.05) is 52.8 Å². The third-order valence-corrected chi connectivity index (χ3v) is 13.2. The van der Waals surface area contributed by atoms with E-state index in [1.54, 1.807) is 33.4 Å². The van der Waals surface area contributed by atoms with Crippen LogP contribution in [0.4, 0.5) is 20.3 Å². The van der Waals surface area contributed by atoms with Crippen LogP contribution in [0.1, 0.15) is 61.5 Å². The predicted octanol–water partition coefficient (Wildman–Crippen LogP) is 7.78. The number of pyridine rings is 1. The highest BCUT2D eigenvalue weighted by atomic mass is 19.3. The molecule has 3 aromatic heterocycles. The lowest BCUT2D eigenvalue weighted by atomic mass is 9.72. The number of carboxylic acid groups (broad SMARTS) is 1. The molecule has 2 N–H and O–H groups in total. The molecule has 63 heavy (non-hydrogen) atoms. The molecule has 0 unspecified atom stereocenters. The van der Waals surface area contributed by atoms with E-state index >= 15 is 0 Å². The van der Waals surface area contributed by atoms with E-state index in [0.29, 0.717) is 54.2 Å². The number of aliphatic carboxylic acids is 1. The Labute approximate surface area is 363 Å². The van der Waals surface area contributed by atoms with E-state index in [2.05, 4.69) is 30.1 Å². The summed E-state index contributed by atoms with van der Waals surface area (Å²) in [4.78, 5) is 42.8. The van der Waals surface area contributed by atoms with Crippen LogP contribution in [0.25, 0.3) is 38.8 Å². The number of nitrogens with one attached hydrogen (secondary N) is 1. The average molecular weight is 860 g/mol. The maximum Gasteiger partial charge on any atom is 0.306 e. The molecule has 328 valence electrons. The van der Waals surface area contributed by atoms with E-state index in [0.717, 1.165) is 83.4 Å². The first kappa shape index (κ1) is 42.1. The molecule has 0 radical (unpaired) electrons. The molecule has 0 bridgehead atoms. The fourth-order valence-electron chi connectivity index (χ4n) is 9.88. The minimum atomic E-state index is -2.90. The molecular weight excluding hydrogens is 809 g/mol. The normalized spacial score (nSPS) is 18.5. The number of anilines is 2. The molecule has 1 spiro atoms. The summed E-state index contributed by atoms with van der Waals surface area (Å²) in [6.45, 7) is 8.21. The number of carbonyl (C=O) groups excluding carboxylic acids is 1. The Balaban J connectivity index is 0.969. The molecule has 14 nitrogen and oxygen atoms in total. The van der Waals surface area contributed by atoms with Crippen molar-refractivity contribution in [1.82, 2.24) is 39.4 Å². The van der Waals surface area contributed by atoms with Crippen LogP contribution in [-0.4, -0.2) is 110 Å². The first-order valence-corrected chi connectivity index (χ1v) is 21.3. The van der Waals surface area contributed by atoms with E-state index in [1.165, 1.54) is 0 Å². The summed E-state index contributed by atoms with van der Waals surface area (Å²) < 4.78 is 42.3. The standard InChI is InChI=1S/C47H51F2N9O5/c1-27-33(8-6-10-37(27)52-44-42-38(53-45(54-44)43(48)49)16-29(19-50-42)21-55(3)31-14-12-30(13-15-31)46(60)61)34-9-7-11-39-35(34)20-51-58(39)32-17-40(62-4)36(41(18-32)63-5)22-56-23-47(24-56)25-57(26-47)28(2)59/h6-11,16-20,30-31,43H,12-15,21-26H2,1-5H3,(H,60,61)(H,52,53,54). The third-order valence-electron chi connectivity index (χ3n) is 13.2. The Hall–Kier alpha value is -6.26. The van der Waals surface area contributed by atoms with Gasteiger partial charge >= 0.3 is 5.97 Å². The minimum absolute atomic E-state index is 0.126. The highest BCUT2D eigenvalue weighted by Crippen LogP contribution is 2.43. The first-order valence-electron chi connectivity index (χ1n) is 21.3. The number of nitrogens with zero attached hydrogens (tertiary/aromatic N) is 8. The van der Waals surface area contributed by atoms with Gasteiger partial charge in [0, 0.05) is 87.1 Å². The Morgan fingerprint density at radius 2 is 1.65 bits per heavy atom. The lowest BCUT2D eigenvalue weighted by molar-refractivity contribution is -0.157. The first-order chi connectivity index (χ1) is 30.3. The Morgan fingerprint density at radius 3 is 2.32 bits per heavy atom. The lowest BCUT2D eigenvalue weighted by Gasteiger charge is -2.60. The summed E-state index contributed by atoms with van der Waals surface area (Å²) in [5, 5.41) is 18.5. The molecule has 1 saturated carbocycles. The van der Waals surface area contributed by atoms with Crippen LogP contribution in [0.3, 0.4) is 0 Å². The number of aromatic nitrogens is 5. The Kier molecular flexibility index (Phi) is 11.2. The van der Waals surface area contributed by atoms with Crippen LogP contribution >= 0.6 is 0 Å². The van der Waals surface area contributed by atoms with Gasteiger partial charge in [0.1, 0.15) is 17.0 Å². The molecule has 6 aromatic rings. The number of alkyl halides is 2. The van der Waals surface area contributed by atoms with Crippen LogP contribution in [0.5, 0.6) is 11.5 Å². The molecule has 5 heterocycles. The van der Waals surface area contributed by atoms with Crippen molar-refractivity contribution in [2.24, 2.45) is 11.3 Å². The average Bonchev–Trinajstić information content (AvgIpc) is 3.69. The zero-order valence-electron chi connectivity index (χ0n) is 36.1. The molecular formula is C47H51F2N9O5. The van der Waals surface area contributed by atoms with Crippen molar-refractivity contribution in [3.63, 3.8) is 0 Å². The van der Waals surface area contributed by atoms with Gasteiger partial charge in [0.05, 0.1) is 48.6 Å². The molecule has 3 aliphatic rings. The van der Waals surface area contributed by atoms with Gasteiger partial charge in [-0.3, -0.25) is 24.4 Å². The fraction of sp³-hybridized carbons (Fsp3) is 0.404. The second-order valence-corrected chi connectivity index (χ2v) is 17.4. The third kappa shape index (κ3) is 8.01. The van der Waals surface area contributed by atoms with Crippen LogP contribution < -0.4 is 14.8 Å². The van der Waals surface area contributed by atoms with Crippen molar-refractivity contribution in [3.8, 4) is 28.3 Å². The summed E-state index contributed by atoms with van der Waals surface area (Å²) in [5.41, 5.74) is 7.66.